The van der Waals surface area contributed by atoms with E-state index in [1.165, 1.54) is 23.5 Å². The second-order valence-corrected chi connectivity index (χ2v) is 7.22. The highest BCUT2D eigenvalue weighted by atomic mass is 35.5. The minimum atomic E-state index is -0.472. The molecular formula is C18H14ClN3O3S. The average Bonchev–Trinajstić information content (AvgIpc) is 2.96. The minimum absolute atomic E-state index is 0.00249. The molecule has 0 atom stereocenters. The van der Waals surface area contributed by atoms with Crippen LogP contribution in [0.15, 0.2) is 48.5 Å². The molecule has 0 bridgehead atoms. The van der Waals surface area contributed by atoms with Crippen LogP contribution in [0.25, 0.3) is 11.3 Å². The van der Waals surface area contributed by atoms with E-state index in [0.717, 1.165) is 16.1 Å². The number of aryl methyl sites for hydroxylation is 1. The monoisotopic (exact) mass is 387 g/mol. The van der Waals surface area contributed by atoms with E-state index < -0.39 is 4.92 Å². The maximum Gasteiger partial charge on any atom is 0.269 e. The third kappa shape index (κ3) is 4.25. The minimum Gasteiger partial charge on any atom is -0.302 e. The van der Waals surface area contributed by atoms with Gasteiger partial charge in [-0.25, -0.2) is 4.98 Å². The molecule has 0 aliphatic heterocycles. The number of nitro benzene ring substituents is 1. The number of hydrogen-bond acceptors (Lipinski definition) is 5. The summed E-state index contributed by atoms with van der Waals surface area (Å²) in [6.45, 7) is 1.94. The topological polar surface area (TPSA) is 85.1 Å². The number of halogens is 1. The number of benzene rings is 2. The first-order valence-corrected chi connectivity index (χ1v) is 8.88. The number of anilines is 1. The molecule has 0 saturated carbocycles. The molecule has 0 aliphatic carbocycles. The summed E-state index contributed by atoms with van der Waals surface area (Å²) in [6.07, 6.45) is 0.118. The van der Waals surface area contributed by atoms with Crippen molar-refractivity contribution in [2.75, 3.05) is 5.32 Å². The summed E-state index contributed by atoms with van der Waals surface area (Å²) in [7, 11) is 0. The average molecular weight is 388 g/mol. The van der Waals surface area contributed by atoms with E-state index in [-0.39, 0.29) is 18.0 Å². The van der Waals surface area contributed by atoms with Crippen LogP contribution in [0.4, 0.5) is 10.8 Å². The summed E-state index contributed by atoms with van der Waals surface area (Å²) in [5, 5.41) is 14.6. The summed E-state index contributed by atoms with van der Waals surface area (Å²) in [5.74, 6) is -0.227. The highest BCUT2D eigenvalue weighted by molar-refractivity contribution is 7.16. The molecule has 0 saturated heterocycles. The standard InChI is InChI=1S/C18H14ClN3O3S/c1-11-17(13-4-6-14(19)7-5-13)21-18(26-11)20-16(23)10-12-2-8-15(9-3-12)22(24)25/h2-9H,10H2,1H3,(H,20,21,23). The largest absolute Gasteiger partial charge is 0.302 e. The van der Waals surface area contributed by atoms with E-state index in [1.54, 1.807) is 24.3 Å². The molecule has 3 rings (SSSR count). The van der Waals surface area contributed by atoms with E-state index in [2.05, 4.69) is 10.3 Å². The van der Waals surface area contributed by atoms with E-state index in [1.807, 2.05) is 19.1 Å². The van der Waals surface area contributed by atoms with Gasteiger partial charge < -0.3 is 5.32 Å². The van der Waals surface area contributed by atoms with Crippen LogP contribution >= 0.6 is 22.9 Å². The van der Waals surface area contributed by atoms with Gasteiger partial charge in [-0.2, -0.15) is 0 Å². The van der Waals surface area contributed by atoms with Gasteiger partial charge in [0.05, 0.1) is 17.0 Å². The van der Waals surface area contributed by atoms with Gasteiger partial charge in [-0.15, -0.1) is 11.3 Å². The van der Waals surface area contributed by atoms with Gasteiger partial charge in [0.1, 0.15) is 0 Å². The molecule has 0 fully saturated rings. The van der Waals surface area contributed by atoms with Crippen LogP contribution in [-0.4, -0.2) is 15.8 Å². The van der Waals surface area contributed by atoms with Gasteiger partial charge >= 0.3 is 0 Å². The SMILES string of the molecule is Cc1sc(NC(=O)Cc2ccc([N+](=O)[O-])cc2)nc1-c1ccc(Cl)cc1. The number of non-ortho nitro benzene ring substituents is 1. The van der Waals surface area contributed by atoms with Crippen molar-refractivity contribution in [2.24, 2.45) is 0 Å². The van der Waals surface area contributed by atoms with Gasteiger partial charge in [0.15, 0.2) is 5.13 Å². The maximum atomic E-state index is 12.2. The molecule has 1 heterocycles. The molecule has 1 amide bonds. The van der Waals surface area contributed by atoms with Crippen LogP contribution in [0, 0.1) is 17.0 Å². The summed E-state index contributed by atoms with van der Waals surface area (Å²) in [5.41, 5.74) is 2.42. The number of hydrogen-bond donors (Lipinski definition) is 1. The number of nitro groups is 1. The number of rotatable bonds is 5. The Labute approximate surface area is 158 Å². The molecule has 0 spiro atoms. The third-order valence-electron chi connectivity index (χ3n) is 3.67. The zero-order chi connectivity index (χ0) is 18.7. The van der Waals surface area contributed by atoms with Gasteiger partial charge in [0.2, 0.25) is 5.91 Å². The number of aromatic nitrogens is 1. The fourth-order valence-corrected chi connectivity index (χ4v) is 3.39. The second-order valence-electron chi connectivity index (χ2n) is 5.58. The van der Waals surface area contributed by atoms with E-state index >= 15 is 0 Å². The van der Waals surface area contributed by atoms with E-state index in [9.17, 15) is 14.9 Å². The Morgan fingerprint density at radius 2 is 1.85 bits per heavy atom. The normalized spacial score (nSPS) is 10.5. The molecule has 2 aromatic carbocycles. The van der Waals surface area contributed by atoms with Crippen molar-refractivity contribution in [3.05, 3.63) is 74.1 Å². The lowest BCUT2D eigenvalue weighted by atomic mass is 10.1. The molecular weight excluding hydrogens is 374 g/mol. The summed E-state index contributed by atoms with van der Waals surface area (Å²) in [6, 6.07) is 13.3. The Kier molecular flexibility index (Phi) is 5.29. The molecule has 26 heavy (non-hydrogen) atoms. The third-order valence-corrected chi connectivity index (χ3v) is 4.81. The van der Waals surface area contributed by atoms with Crippen molar-refractivity contribution in [3.8, 4) is 11.3 Å². The zero-order valence-corrected chi connectivity index (χ0v) is 15.3. The fourth-order valence-electron chi connectivity index (χ4n) is 2.41. The Hall–Kier alpha value is -2.77. The Morgan fingerprint density at radius 3 is 2.46 bits per heavy atom. The highest BCUT2D eigenvalue weighted by Crippen LogP contribution is 2.31. The smallest absolute Gasteiger partial charge is 0.269 e. The zero-order valence-electron chi connectivity index (χ0n) is 13.7. The van der Waals surface area contributed by atoms with Crippen molar-refractivity contribution in [1.82, 2.24) is 4.98 Å². The number of amides is 1. The number of nitrogens with one attached hydrogen (secondary N) is 1. The van der Waals surface area contributed by atoms with Crippen LogP contribution in [0.5, 0.6) is 0 Å². The van der Waals surface area contributed by atoms with Crippen LogP contribution in [-0.2, 0) is 11.2 Å². The van der Waals surface area contributed by atoms with E-state index in [0.29, 0.717) is 15.7 Å². The van der Waals surface area contributed by atoms with Gasteiger partial charge in [-0.3, -0.25) is 14.9 Å². The molecule has 132 valence electrons. The van der Waals surface area contributed by atoms with Crippen LogP contribution in [0.2, 0.25) is 5.02 Å². The maximum absolute atomic E-state index is 12.2. The lowest BCUT2D eigenvalue weighted by molar-refractivity contribution is -0.384. The lowest BCUT2D eigenvalue weighted by Crippen LogP contribution is -2.14. The van der Waals surface area contributed by atoms with Crippen molar-refractivity contribution in [1.29, 1.82) is 0 Å². The number of thiazole rings is 1. The molecule has 8 heteroatoms. The van der Waals surface area contributed by atoms with Crippen molar-refractivity contribution in [2.45, 2.75) is 13.3 Å². The molecule has 3 aromatic rings. The van der Waals surface area contributed by atoms with Gasteiger partial charge in [0.25, 0.3) is 5.69 Å². The number of nitrogens with zero attached hydrogens (tertiary/aromatic N) is 2. The Balaban J connectivity index is 1.69. The van der Waals surface area contributed by atoms with Gasteiger partial charge in [0, 0.05) is 27.6 Å². The fraction of sp³-hybridized carbons (Fsp3) is 0.111. The van der Waals surface area contributed by atoms with E-state index in [4.69, 9.17) is 11.6 Å². The molecule has 1 N–H and O–H groups in total. The van der Waals surface area contributed by atoms with Gasteiger partial charge in [-0.1, -0.05) is 35.9 Å². The molecule has 1 aromatic heterocycles. The van der Waals surface area contributed by atoms with Crippen LogP contribution < -0.4 is 5.32 Å². The molecule has 6 nitrogen and oxygen atoms in total. The molecule has 0 radical (unpaired) electrons. The molecule has 0 unspecified atom stereocenters. The number of carbonyl (C=O) groups excluding carboxylic acids is 1. The van der Waals surface area contributed by atoms with Crippen molar-refractivity contribution < 1.29 is 9.72 Å². The van der Waals surface area contributed by atoms with Crippen molar-refractivity contribution in [3.63, 3.8) is 0 Å². The van der Waals surface area contributed by atoms with Crippen molar-refractivity contribution >= 4 is 39.7 Å². The summed E-state index contributed by atoms with van der Waals surface area (Å²) in [4.78, 5) is 27.9. The lowest BCUT2D eigenvalue weighted by Gasteiger charge is -2.02. The van der Waals surface area contributed by atoms with Gasteiger partial charge in [-0.05, 0) is 24.6 Å². The quantitative estimate of drug-likeness (QED) is 0.500. The van der Waals surface area contributed by atoms with Crippen LogP contribution in [0.3, 0.4) is 0 Å². The first kappa shape index (κ1) is 18.0. The first-order valence-electron chi connectivity index (χ1n) is 7.69. The van der Waals surface area contributed by atoms with Crippen LogP contribution in [0.1, 0.15) is 10.4 Å². The molecule has 0 aliphatic rings. The predicted molar refractivity (Wildman–Crippen MR) is 103 cm³/mol. The summed E-state index contributed by atoms with van der Waals surface area (Å²) < 4.78 is 0. The highest BCUT2D eigenvalue weighted by Gasteiger charge is 2.13. The second kappa shape index (κ2) is 7.63. The first-order chi connectivity index (χ1) is 12.4. The predicted octanol–water partition coefficient (Wildman–Crippen LogP) is 4.86. The summed E-state index contributed by atoms with van der Waals surface area (Å²) >= 11 is 7.30. The Morgan fingerprint density at radius 1 is 1.19 bits per heavy atom. The number of carbonyl (C=O) groups is 1. The Bertz CT molecular complexity index is 953.